The Balaban J connectivity index is 2.19. The molecule has 0 unspecified atom stereocenters. The Hall–Kier alpha value is -2.16. The fraction of sp³-hybridized carbons (Fsp3) is 0.0667. The third kappa shape index (κ3) is 2.74. The largest absolute Gasteiger partial charge is 0.488 e. The molecule has 0 heterocycles. The van der Waals surface area contributed by atoms with E-state index in [9.17, 15) is 8.78 Å². The number of ether oxygens (including phenoxy) is 1. The Bertz CT molecular complexity index is 550. The van der Waals surface area contributed by atoms with Gasteiger partial charge in [-0.15, -0.1) is 0 Å². The van der Waals surface area contributed by atoms with Crippen LogP contribution in [0.25, 0.3) is 6.08 Å². The van der Waals surface area contributed by atoms with Crippen molar-refractivity contribution < 1.29 is 13.5 Å². The molecule has 0 aliphatic carbocycles. The van der Waals surface area contributed by atoms with Crippen LogP contribution in [-0.4, -0.2) is 0 Å². The fourth-order valence-corrected chi connectivity index (χ4v) is 1.56. The van der Waals surface area contributed by atoms with Crippen LogP contribution in [0.4, 0.5) is 8.78 Å². The summed E-state index contributed by atoms with van der Waals surface area (Å²) in [6, 6.07) is 11.6. The molecule has 2 aromatic rings. The SMILES string of the molecule is C=Cc1cc(F)c(F)cc1OCc1ccccc1. The van der Waals surface area contributed by atoms with E-state index in [1.54, 1.807) is 0 Å². The third-order valence-electron chi connectivity index (χ3n) is 2.51. The quantitative estimate of drug-likeness (QED) is 0.786. The second-order valence-electron chi connectivity index (χ2n) is 3.78. The summed E-state index contributed by atoms with van der Waals surface area (Å²) in [6.07, 6.45) is 1.43. The molecule has 0 aliphatic heterocycles. The van der Waals surface area contributed by atoms with E-state index in [0.717, 1.165) is 17.7 Å². The highest BCUT2D eigenvalue weighted by atomic mass is 19.2. The van der Waals surface area contributed by atoms with Crippen LogP contribution in [0.3, 0.4) is 0 Å². The normalized spacial score (nSPS) is 10.1. The average Bonchev–Trinajstić information content (AvgIpc) is 2.41. The second kappa shape index (κ2) is 5.45. The summed E-state index contributed by atoms with van der Waals surface area (Å²) >= 11 is 0. The van der Waals surface area contributed by atoms with Crippen LogP contribution in [0.2, 0.25) is 0 Å². The van der Waals surface area contributed by atoms with Gasteiger partial charge in [0.25, 0.3) is 0 Å². The van der Waals surface area contributed by atoms with Crippen molar-refractivity contribution in [2.45, 2.75) is 6.61 Å². The molecule has 2 aromatic carbocycles. The first-order valence-corrected chi connectivity index (χ1v) is 5.49. The van der Waals surface area contributed by atoms with E-state index in [2.05, 4.69) is 6.58 Å². The van der Waals surface area contributed by atoms with Gasteiger partial charge in [-0.05, 0) is 11.6 Å². The standard InChI is InChI=1S/C15H12F2O/c1-2-12-8-13(16)14(17)9-15(12)18-10-11-6-4-3-5-7-11/h2-9H,1,10H2. The second-order valence-corrected chi connectivity index (χ2v) is 3.78. The van der Waals surface area contributed by atoms with E-state index in [1.165, 1.54) is 6.08 Å². The van der Waals surface area contributed by atoms with Crippen LogP contribution in [-0.2, 0) is 6.61 Å². The van der Waals surface area contributed by atoms with E-state index >= 15 is 0 Å². The smallest absolute Gasteiger partial charge is 0.162 e. The Kier molecular flexibility index (Phi) is 3.72. The molecule has 0 spiro atoms. The van der Waals surface area contributed by atoms with Gasteiger partial charge in [0, 0.05) is 11.6 Å². The van der Waals surface area contributed by atoms with E-state index in [0.29, 0.717) is 12.2 Å². The minimum atomic E-state index is -0.927. The molecule has 0 fully saturated rings. The molecule has 2 rings (SSSR count). The summed E-state index contributed by atoms with van der Waals surface area (Å²) in [4.78, 5) is 0. The number of rotatable bonds is 4. The summed E-state index contributed by atoms with van der Waals surface area (Å²) in [7, 11) is 0. The zero-order chi connectivity index (χ0) is 13.0. The minimum Gasteiger partial charge on any atom is -0.488 e. The van der Waals surface area contributed by atoms with Crippen molar-refractivity contribution in [2.24, 2.45) is 0 Å². The van der Waals surface area contributed by atoms with Crippen LogP contribution in [0.1, 0.15) is 11.1 Å². The first-order valence-electron chi connectivity index (χ1n) is 5.49. The Labute approximate surface area is 104 Å². The zero-order valence-electron chi connectivity index (χ0n) is 9.70. The Morgan fingerprint density at radius 3 is 2.39 bits per heavy atom. The average molecular weight is 246 g/mol. The number of halogens is 2. The van der Waals surface area contributed by atoms with Crippen molar-refractivity contribution in [1.29, 1.82) is 0 Å². The monoisotopic (exact) mass is 246 g/mol. The summed E-state index contributed by atoms with van der Waals surface area (Å²) in [5.41, 5.74) is 1.39. The van der Waals surface area contributed by atoms with Crippen LogP contribution in [0.15, 0.2) is 49.0 Å². The van der Waals surface area contributed by atoms with E-state index < -0.39 is 11.6 Å². The molecule has 3 heteroatoms. The van der Waals surface area contributed by atoms with Crippen molar-refractivity contribution in [3.8, 4) is 5.75 Å². The van der Waals surface area contributed by atoms with Crippen molar-refractivity contribution in [1.82, 2.24) is 0 Å². The van der Waals surface area contributed by atoms with Gasteiger partial charge in [0.1, 0.15) is 12.4 Å². The number of benzene rings is 2. The highest BCUT2D eigenvalue weighted by Gasteiger charge is 2.09. The van der Waals surface area contributed by atoms with Crippen LogP contribution in [0.5, 0.6) is 5.75 Å². The number of hydrogen-bond donors (Lipinski definition) is 0. The lowest BCUT2D eigenvalue weighted by Gasteiger charge is -2.10. The molecule has 0 N–H and O–H groups in total. The van der Waals surface area contributed by atoms with Gasteiger partial charge in [0.2, 0.25) is 0 Å². The predicted molar refractivity (Wildman–Crippen MR) is 67.2 cm³/mol. The maximum atomic E-state index is 13.1. The van der Waals surface area contributed by atoms with Gasteiger partial charge in [0.05, 0.1) is 0 Å². The molecule has 0 bridgehead atoms. The van der Waals surface area contributed by atoms with Gasteiger partial charge in [0.15, 0.2) is 11.6 Å². The van der Waals surface area contributed by atoms with Crippen LogP contribution in [0, 0.1) is 11.6 Å². The maximum absolute atomic E-state index is 13.1. The van der Waals surface area contributed by atoms with Crippen LogP contribution < -0.4 is 4.74 Å². The van der Waals surface area contributed by atoms with Crippen molar-refractivity contribution in [3.05, 3.63) is 71.8 Å². The van der Waals surface area contributed by atoms with Crippen LogP contribution >= 0.6 is 0 Å². The third-order valence-corrected chi connectivity index (χ3v) is 2.51. The lowest BCUT2D eigenvalue weighted by Crippen LogP contribution is -1.98. The summed E-state index contributed by atoms with van der Waals surface area (Å²) < 4.78 is 31.6. The van der Waals surface area contributed by atoms with Crippen molar-refractivity contribution in [2.75, 3.05) is 0 Å². The van der Waals surface area contributed by atoms with E-state index in [4.69, 9.17) is 4.74 Å². The van der Waals surface area contributed by atoms with Gasteiger partial charge in [-0.3, -0.25) is 0 Å². The summed E-state index contributed by atoms with van der Waals surface area (Å²) in [5.74, 6) is -1.55. The van der Waals surface area contributed by atoms with E-state index in [-0.39, 0.29) is 5.75 Å². The minimum absolute atomic E-state index is 0.285. The molecular weight excluding hydrogens is 234 g/mol. The number of hydrogen-bond acceptors (Lipinski definition) is 1. The van der Waals surface area contributed by atoms with Gasteiger partial charge >= 0.3 is 0 Å². The van der Waals surface area contributed by atoms with E-state index in [1.807, 2.05) is 30.3 Å². The molecule has 1 nitrogen and oxygen atoms in total. The fourth-order valence-electron chi connectivity index (χ4n) is 1.56. The highest BCUT2D eigenvalue weighted by molar-refractivity contribution is 5.55. The first-order chi connectivity index (χ1) is 8.70. The zero-order valence-corrected chi connectivity index (χ0v) is 9.70. The highest BCUT2D eigenvalue weighted by Crippen LogP contribution is 2.24. The topological polar surface area (TPSA) is 9.23 Å². The van der Waals surface area contributed by atoms with Gasteiger partial charge in [-0.25, -0.2) is 8.78 Å². The molecule has 0 atom stereocenters. The summed E-state index contributed by atoms with van der Waals surface area (Å²) in [6.45, 7) is 3.85. The lowest BCUT2D eigenvalue weighted by molar-refractivity contribution is 0.302. The van der Waals surface area contributed by atoms with Crippen molar-refractivity contribution >= 4 is 6.08 Å². The molecule has 92 valence electrons. The van der Waals surface area contributed by atoms with Gasteiger partial charge in [-0.2, -0.15) is 0 Å². The molecule has 0 radical (unpaired) electrons. The maximum Gasteiger partial charge on any atom is 0.162 e. The predicted octanol–water partition coefficient (Wildman–Crippen LogP) is 4.19. The summed E-state index contributed by atoms with van der Waals surface area (Å²) in [5, 5.41) is 0. The lowest BCUT2D eigenvalue weighted by atomic mass is 10.2. The van der Waals surface area contributed by atoms with Gasteiger partial charge < -0.3 is 4.74 Å². The first kappa shape index (κ1) is 12.3. The van der Waals surface area contributed by atoms with Crippen molar-refractivity contribution in [3.63, 3.8) is 0 Å². The molecule has 18 heavy (non-hydrogen) atoms. The van der Waals surface area contributed by atoms with Gasteiger partial charge in [-0.1, -0.05) is 43.0 Å². The molecule has 0 aliphatic rings. The molecule has 0 saturated heterocycles. The molecular formula is C15H12F2O. The molecule has 0 saturated carbocycles. The molecule has 0 aromatic heterocycles. The Morgan fingerprint density at radius 1 is 1.06 bits per heavy atom. The molecule has 0 amide bonds. The Morgan fingerprint density at radius 2 is 1.72 bits per heavy atom.